The zero-order valence-corrected chi connectivity index (χ0v) is 13.6. The summed E-state index contributed by atoms with van der Waals surface area (Å²) in [6, 6.07) is 10.5. The average molecular weight is 340 g/mol. The Balaban J connectivity index is 1.76. The number of benzene rings is 1. The maximum absolute atomic E-state index is 13.0. The van der Waals surface area contributed by atoms with Crippen molar-refractivity contribution < 1.29 is 14.3 Å². The lowest BCUT2D eigenvalue weighted by Gasteiger charge is -2.24. The number of amides is 1. The van der Waals surface area contributed by atoms with Gasteiger partial charge in [0.25, 0.3) is 5.91 Å². The summed E-state index contributed by atoms with van der Waals surface area (Å²) in [5.41, 5.74) is -0.494. The van der Waals surface area contributed by atoms with Crippen LogP contribution < -0.4 is 5.32 Å². The second-order valence-corrected chi connectivity index (χ2v) is 5.79. The summed E-state index contributed by atoms with van der Waals surface area (Å²) in [5.74, 6) is -0.379. The Morgan fingerprint density at radius 1 is 1.24 bits per heavy atom. The fourth-order valence-electron chi connectivity index (χ4n) is 2.41. The first-order valence-electron chi connectivity index (χ1n) is 7.69. The molecule has 1 unspecified atom stereocenters. The van der Waals surface area contributed by atoms with Gasteiger partial charge in [0.2, 0.25) is 0 Å². The van der Waals surface area contributed by atoms with E-state index in [4.69, 9.17) is 0 Å². The summed E-state index contributed by atoms with van der Waals surface area (Å²) in [5, 5.41) is 17.3. The van der Waals surface area contributed by atoms with E-state index in [1.165, 1.54) is 28.9 Å². The number of pyridine rings is 1. The molecule has 2 aromatic heterocycles. The SMILES string of the molecule is CC(O)(CNC(=O)c1cccnc1-n1cccn1)c1ccc(F)cc1. The number of hydrogen-bond donors (Lipinski definition) is 2. The first-order chi connectivity index (χ1) is 12.0. The topological polar surface area (TPSA) is 80.0 Å². The summed E-state index contributed by atoms with van der Waals surface area (Å²) >= 11 is 0. The third-order valence-corrected chi connectivity index (χ3v) is 3.81. The van der Waals surface area contributed by atoms with Gasteiger partial charge in [0.05, 0.1) is 12.1 Å². The summed E-state index contributed by atoms with van der Waals surface area (Å²) in [6.45, 7) is 1.52. The lowest BCUT2D eigenvalue weighted by molar-refractivity contribution is 0.0525. The highest BCUT2D eigenvalue weighted by Crippen LogP contribution is 2.20. The lowest BCUT2D eigenvalue weighted by atomic mass is 9.96. The van der Waals surface area contributed by atoms with Crippen molar-refractivity contribution in [3.8, 4) is 5.82 Å². The molecule has 0 bridgehead atoms. The lowest BCUT2D eigenvalue weighted by Crippen LogP contribution is -2.39. The predicted octanol–water partition coefficient (Wildman–Crippen LogP) is 2.04. The highest BCUT2D eigenvalue weighted by atomic mass is 19.1. The average Bonchev–Trinajstić information content (AvgIpc) is 3.15. The molecule has 0 aliphatic heterocycles. The first kappa shape index (κ1) is 16.8. The minimum atomic E-state index is -1.34. The molecule has 1 aromatic carbocycles. The van der Waals surface area contributed by atoms with Crippen LogP contribution >= 0.6 is 0 Å². The van der Waals surface area contributed by atoms with Crippen LogP contribution in [0.15, 0.2) is 61.1 Å². The Morgan fingerprint density at radius 2 is 2.00 bits per heavy atom. The van der Waals surface area contributed by atoms with Gasteiger partial charge < -0.3 is 10.4 Å². The highest BCUT2D eigenvalue weighted by molar-refractivity contribution is 5.97. The van der Waals surface area contributed by atoms with Crippen LogP contribution in [0.2, 0.25) is 0 Å². The number of halogens is 1. The number of carbonyl (C=O) groups excluding carboxylic acids is 1. The van der Waals surface area contributed by atoms with Crippen molar-refractivity contribution in [1.82, 2.24) is 20.1 Å². The second-order valence-electron chi connectivity index (χ2n) is 5.79. The zero-order valence-electron chi connectivity index (χ0n) is 13.6. The van der Waals surface area contributed by atoms with Crippen molar-refractivity contribution in [2.24, 2.45) is 0 Å². The largest absolute Gasteiger partial charge is 0.384 e. The maximum atomic E-state index is 13.0. The van der Waals surface area contributed by atoms with Gasteiger partial charge in [-0.2, -0.15) is 5.10 Å². The monoisotopic (exact) mass is 340 g/mol. The van der Waals surface area contributed by atoms with E-state index in [0.29, 0.717) is 16.9 Å². The van der Waals surface area contributed by atoms with E-state index >= 15 is 0 Å². The molecule has 0 radical (unpaired) electrons. The molecule has 25 heavy (non-hydrogen) atoms. The molecule has 2 heterocycles. The van der Waals surface area contributed by atoms with Gasteiger partial charge in [-0.05, 0) is 42.8 Å². The van der Waals surface area contributed by atoms with Crippen LogP contribution in [-0.4, -0.2) is 32.3 Å². The molecule has 0 saturated heterocycles. The van der Waals surface area contributed by atoms with Crippen molar-refractivity contribution in [1.29, 1.82) is 0 Å². The number of aliphatic hydroxyl groups is 1. The van der Waals surface area contributed by atoms with Crippen LogP contribution in [0.1, 0.15) is 22.8 Å². The first-order valence-corrected chi connectivity index (χ1v) is 7.69. The Bertz CT molecular complexity index is 861. The Labute approximate surface area is 144 Å². The molecule has 0 spiro atoms. The van der Waals surface area contributed by atoms with Gasteiger partial charge in [-0.1, -0.05) is 12.1 Å². The third-order valence-electron chi connectivity index (χ3n) is 3.81. The predicted molar refractivity (Wildman–Crippen MR) is 89.7 cm³/mol. The van der Waals surface area contributed by atoms with Crippen LogP contribution in [0.25, 0.3) is 5.82 Å². The molecule has 3 rings (SSSR count). The number of aromatic nitrogens is 3. The Kier molecular flexibility index (Phi) is 4.58. The van der Waals surface area contributed by atoms with E-state index in [2.05, 4.69) is 15.4 Å². The standard InChI is InChI=1S/C18H17FN4O2/c1-18(25,13-5-7-14(19)8-6-13)12-21-17(24)15-4-2-9-20-16(15)23-11-3-10-22-23/h2-11,25H,12H2,1H3,(H,21,24). The molecule has 128 valence electrons. The van der Waals surface area contributed by atoms with E-state index in [0.717, 1.165) is 0 Å². The van der Waals surface area contributed by atoms with Gasteiger partial charge in [0, 0.05) is 18.6 Å². The van der Waals surface area contributed by atoms with E-state index < -0.39 is 5.60 Å². The normalized spacial score (nSPS) is 13.2. The van der Waals surface area contributed by atoms with Crippen LogP contribution in [-0.2, 0) is 5.60 Å². The second kappa shape index (κ2) is 6.82. The van der Waals surface area contributed by atoms with Crippen LogP contribution in [0.3, 0.4) is 0 Å². The molecule has 3 aromatic rings. The Hall–Kier alpha value is -3.06. The molecule has 0 aliphatic carbocycles. The Morgan fingerprint density at radius 3 is 2.68 bits per heavy atom. The number of nitrogens with zero attached hydrogens (tertiary/aromatic N) is 3. The van der Waals surface area contributed by atoms with E-state index in [-0.39, 0.29) is 18.3 Å². The molecule has 1 atom stereocenters. The van der Waals surface area contributed by atoms with Crippen molar-refractivity contribution in [3.63, 3.8) is 0 Å². The number of hydrogen-bond acceptors (Lipinski definition) is 4. The van der Waals surface area contributed by atoms with Gasteiger partial charge in [0.15, 0.2) is 5.82 Å². The molecule has 2 N–H and O–H groups in total. The fourth-order valence-corrected chi connectivity index (χ4v) is 2.41. The van der Waals surface area contributed by atoms with Crippen molar-refractivity contribution in [2.75, 3.05) is 6.54 Å². The molecule has 0 fully saturated rings. The van der Waals surface area contributed by atoms with Crippen molar-refractivity contribution >= 4 is 5.91 Å². The van der Waals surface area contributed by atoms with Crippen LogP contribution in [0, 0.1) is 5.82 Å². The van der Waals surface area contributed by atoms with E-state index in [9.17, 15) is 14.3 Å². The smallest absolute Gasteiger partial charge is 0.255 e. The van der Waals surface area contributed by atoms with Gasteiger partial charge >= 0.3 is 0 Å². The molecular weight excluding hydrogens is 323 g/mol. The zero-order chi connectivity index (χ0) is 17.9. The van der Waals surface area contributed by atoms with Gasteiger partial charge in [0.1, 0.15) is 11.4 Å². The van der Waals surface area contributed by atoms with Crippen molar-refractivity contribution in [3.05, 3.63) is 78.0 Å². The molecule has 0 aliphatic rings. The van der Waals surface area contributed by atoms with E-state index in [1.54, 1.807) is 43.7 Å². The van der Waals surface area contributed by atoms with Crippen LogP contribution in [0.4, 0.5) is 4.39 Å². The van der Waals surface area contributed by atoms with E-state index in [1.807, 2.05) is 0 Å². The van der Waals surface area contributed by atoms with Crippen molar-refractivity contribution in [2.45, 2.75) is 12.5 Å². The molecule has 6 nitrogen and oxygen atoms in total. The van der Waals surface area contributed by atoms with Gasteiger partial charge in [-0.15, -0.1) is 0 Å². The molecule has 0 saturated carbocycles. The summed E-state index contributed by atoms with van der Waals surface area (Å²) in [4.78, 5) is 16.7. The number of rotatable bonds is 5. The fraction of sp³-hybridized carbons (Fsp3) is 0.167. The summed E-state index contributed by atoms with van der Waals surface area (Å²) in [7, 11) is 0. The van der Waals surface area contributed by atoms with Crippen LogP contribution in [0.5, 0.6) is 0 Å². The minimum Gasteiger partial charge on any atom is -0.384 e. The molecule has 1 amide bonds. The summed E-state index contributed by atoms with van der Waals surface area (Å²) in [6.07, 6.45) is 4.85. The molecule has 7 heteroatoms. The quantitative estimate of drug-likeness (QED) is 0.745. The minimum absolute atomic E-state index is 0.0368. The van der Waals surface area contributed by atoms with Gasteiger partial charge in [-0.3, -0.25) is 4.79 Å². The summed E-state index contributed by atoms with van der Waals surface area (Å²) < 4.78 is 14.5. The number of carbonyl (C=O) groups is 1. The third kappa shape index (κ3) is 3.72. The van der Waals surface area contributed by atoms with Gasteiger partial charge in [-0.25, -0.2) is 14.1 Å². The maximum Gasteiger partial charge on any atom is 0.255 e. The number of nitrogens with one attached hydrogen (secondary N) is 1. The molecular formula is C18H17FN4O2. The highest BCUT2D eigenvalue weighted by Gasteiger charge is 2.25.